The molecule has 130 valence electrons. The first kappa shape index (κ1) is 17.9. The zero-order valence-electron chi connectivity index (χ0n) is 13.7. The zero-order valence-corrected chi connectivity index (χ0v) is 15.2. The molecule has 3 aromatic rings. The molecule has 0 spiro atoms. The first-order chi connectivity index (χ1) is 11.9. The zero-order chi connectivity index (χ0) is 18.1. The lowest BCUT2D eigenvalue weighted by Crippen LogP contribution is -2.85. The van der Waals surface area contributed by atoms with Gasteiger partial charge in [-0.25, -0.2) is 9.37 Å². The molecule has 0 amide bonds. The van der Waals surface area contributed by atoms with Crippen LogP contribution < -0.4 is 10.9 Å². The Balaban J connectivity index is 1.88. The number of nitrogens with one attached hydrogen (secondary N) is 1. The molecule has 0 saturated carbocycles. The maximum absolute atomic E-state index is 13.7. The summed E-state index contributed by atoms with van der Waals surface area (Å²) >= 11 is 11.9. The van der Waals surface area contributed by atoms with Gasteiger partial charge in [0.05, 0.1) is 20.9 Å². The van der Waals surface area contributed by atoms with Gasteiger partial charge in [-0.1, -0.05) is 35.3 Å². The number of halogens is 3. The SMILES string of the molecule is C[C@H]([NH2+][C@H](C)c1cc(F)c(Cl)cc1Cl)c1nc2ccccc2c(=O)[nH]1. The summed E-state index contributed by atoms with van der Waals surface area (Å²) in [7, 11) is 0. The number of aromatic amines is 1. The maximum Gasteiger partial charge on any atom is 0.258 e. The summed E-state index contributed by atoms with van der Waals surface area (Å²) in [4.78, 5) is 19.5. The van der Waals surface area contributed by atoms with Crippen molar-refractivity contribution in [2.75, 3.05) is 0 Å². The molecule has 2 atom stereocenters. The van der Waals surface area contributed by atoms with Crippen LogP contribution in [0.25, 0.3) is 10.9 Å². The Morgan fingerprint density at radius 3 is 2.60 bits per heavy atom. The minimum Gasteiger partial charge on any atom is -0.332 e. The molecular formula is C18H17Cl2FN3O+. The number of fused-ring (bicyclic) bond motifs is 1. The molecule has 0 fully saturated rings. The van der Waals surface area contributed by atoms with E-state index in [-0.39, 0.29) is 22.7 Å². The van der Waals surface area contributed by atoms with Crippen LogP contribution in [-0.4, -0.2) is 9.97 Å². The van der Waals surface area contributed by atoms with Crippen molar-refractivity contribution in [3.8, 4) is 0 Å². The van der Waals surface area contributed by atoms with Crippen molar-refractivity contribution in [1.82, 2.24) is 9.97 Å². The molecular weight excluding hydrogens is 364 g/mol. The van der Waals surface area contributed by atoms with Crippen LogP contribution in [0.1, 0.15) is 37.3 Å². The molecule has 0 radical (unpaired) electrons. The van der Waals surface area contributed by atoms with Gasteiger partial charge in [0.15, 0.2) is 5.82 Å². The standard InChI is InChI=1S/C18H16Cl2FN3O/c1-9(12-7-15(21)14(20)8-13(12)19)22-10(2)17-23-16-6-4-3-5-11(16)18(25)24-17/h3-10,22H,1-2H3,(H,23,24,25)/p+1/t9-,10+/m1/s1. The third-order valence-corrected chi connectivity index (χ3v) is 4.79. The lowest BCUT2D eigenvalue weighted by molar-refractivity contribution is -0.729. The van der Waals surface area contributed by atoms with Crippen LogP contribution in [-0.2, 0) is 0 Å². The van der Waals surface area contributed by atoms with Crippen molar-refractivity contribution in [2.45, 2.75) is 25.9 Å². The molecule has 0 aliphatic carbocycles. The van der Waals surface area contributed by atoms with Gasteiger partial charge in [0.25, 0.3) is 5.56 Å². The third kappa shape index (κ3) is 3.68. The second kappa shape index (κ2) is 7.12. The van der Waals surface area contributed by atoms with Gasteiger partial charge < -0.3 is 10.3 Å². The Hall–Kier alpha value is -1.95. The van der Waals surface area contributed by atoms with Crippen molar-refractivity contribution in [3.63, 3.8) is 0 Å². The molecule has 7 heteroatoms. The van der Waals surface area contributed by atoms with Crippen LogP contribution >= 0.6 is 23.2 Å². The number of para-hydroxylation sites is 1. The summed E-state index contributed by atoms with van der Waals surface area (Å²) in [6.07, 6.45) is 0. The molecule has 0 aliphatic heterocycles. The predicted octanol–water partition coefficient (Wildman–Crippen LogP) is 3.75. The number of H-pyrrole nitrogens is 1. The minimum absolute atomic E-state index is 0.00507. The van der Waals surface area contributed by atoms with Crippen molar-refractivity contribution in [3.05, 3.63) is 74.0 Å². The summed E-state index contributed by atoms with van der Waals surface area (Å²) in [5.74, 6) is 0.0484. The summed E-state index contributed by atoms with van der Waals surface area (Å²) in [6, 6.07) is 9.62. The van der Waals surface area contributed by atoms with E-state index in [1.807, 2.05) is 25.2 Å². The van der Waals surface area contributed by atoms with E-state index in [0.717, 1.165) is 0 Å². The minimum atomic E-state index is -0.508. The summed E-state index contributed by atoms with van der Waals surface area (Å²) < 4.78 is 13.7. The number of rotatable bonds is 4. The van der Waals surface area contributed by atoms with Crippen LogP contribution in [0.15, 0.2) is 41.2 Å². The Kier molecular flexibility index (Phi) is 5.08. The Bertz CT molecular complexity index is 990. The van der Waals surface area contributed by atoms with E-state index in [2.05, 4.69) is 9.97 Å². The predicted molar refractivity (Wildman–Crippen MR) is 97.5 cm³/mol. The molecule has 3 rings (SSSR count). The van der Waals surface area contributed by atoms with Gasteiger partial charge in [0.2, 0.25) is 0 Å². The Labute approximate surface area is 154 Å². The fourth-order valence-corrected chi connectivity index (χ4v) is 3.39. The van der Waals surface area contributed by atoms with E-state index in [4.69, 9.17) is 23.2 Å². The fraction of sp³-hybridized carbons (Fsp3) is 0.222. The highest BCUT2D eigenvalue weighted by Crippen LogP contribution is 2.27. The van der Waals surface area contributed by atoms with Gasteiger partial charge in [-0.3, -0.25) is 4.79 Å². The smallest absolute Gasteiger partial charge is 0.258 e. The lowest BCUT2D eigenvalue weighted by atomic mass is 10.1. The van der Waals surface area contributed by atoms with Crippen molar-refractivity contribution >= 4 is 34.1 Å². The number of nitrogens with two attached hydrogens (primary N) is 1. The molecule has 1 heterocycles. The topological polar surface area (TPSA) is 62.4 Å². The lowest BCUT2D eigenvalue weighted by Gasteiger charge is -2.18. The largest absolute Gasteiger partial charge is 0.332 e. The van der Waals surface area contributed by atoms with Crippen molar-refractivity contribution < 1.29 is 9.71 Å². The van der Waals surface area contributed by atoms with Gasteiger partial charge in [-0.2, -0.15) is 0 Å². The van der Waals surface area contributed by atoms with Gasteiger partial charge in [0.1, 0.15) is 17.9 Å². The molecule has 0 aliphatic rings. The average Bonchev–Trinajstić information content (AvgIpc) is 2.58. The van der Waals surface area contributed by atoms with E-state index in [0.29, 0.717) is 27.3 Å². The van der Waals surface area contributed by atoms with Crippen molar-refractivity contribution in [2.24, 2.45) is 0 Å². The number of hydrogen-bond acceptors (Lipinski definition) is 2. The highest BCUT2D eigenvalue weighted by Gasteiger charge is 2.21. The van der Waals surface area contributed by atoms with Crippen molar-refractivity contribution in [1.29, 1.82) is 0 Å². The van der Waals surface area contributed by atoms with Gasteiger partial charge >= 0.3 is 0 Å². The summed E-state index contributed by atoms with van der Waals surface area (Å²) in [6.45, 7) is 3.83. The molecule has 4 nitrogen and oxygen atoms in total. The van der Waals surface area contributed by atoms with Crippen LogP contribution in [0.4, 0.5) is 4.39 Å². The van der Waals surface area contributed by atoms with E-state index >= 15 is 0 Å². The number of nitrogens with zero attached hydrogens (tertiary/aromatic N) is 1. The summed E-state index contributed by atoms with van der Waals surface area (Å²) in [5, 5.41) is 2.91. The number of aromatic nitrogens is 2. The number of quaternary nitrogens is 1. The number of benzene rings is 2. The first-order valence-electron chi connectivity index (χ1n) is 7.85. The maximum atomic E-state index is 13.7. The Morgan fingerprint density at radius 2 is 1.84 bits per heavy atom. The monoisotopic (exact) mass is 380 g/mol. The second-order valence-corrected chi connectivity index (χ2v) is 6.84. The van der Waals surface area contributed by atoms with E-state index in [9.17, 15) is 9.18 Å². The number of hydrogen-bond donors (Lipinski definition) is 2. The molecule has 0 bridgehead atoms. The van der Waals surface area contributed by atoms with Gasteiger partial charge in [-0.05, 0) is 38.1 Å². The molecule has 0 unspecified atom stereocenters. The van der Waals surface area contributed by atoms with Crippen LogP contribution in [0.5, 0.6) is 0 Å². The fourth-order valence-electron chi connectivity index (χ4n) is 2.83. The van der Waals surface area contributed by atoms with Crippen LogP contribution in [0, 0.1) is 5.82 Å². The van der Waals surface area contributed by atoms with E-state index in [1.54, 1.807) is 18.2 Å². The third-order valence-electron chi connectivity index (χ3n) is 4.17. The molecule has 2 aromatic carbocycles. The Morgan fingerprint density at radius 1 is 1.12 bits per heavy atom. The molecule has 25 heavy (non-hydrogen) atoms. The highest BCUT2D eigenvalue weighted by molar-refractivity contribution is 6.35. The second-order valence-electron chi connectivity index (χ2n) is 6.03. The molecule has 1 aromatic heterocycles. The van der Waals surface area contributed by atoms with E-state index in [1.165, 1.54) is 12.1 Å². The summed E-state index contributed by atoms with van der Waals surface area (Å²) in [5.41, 5.74) is 1.10. The quantitative estimate of drug-likeness (QED) is 0.676. The van der Waals surface area contributed by atoms with Crippen LogP contribution in [0.2, 0.25) is 10.0 Å². The normalized spacial score (nSPS) is 13.8. The first-order valence-corrected chi connectivity index (χ1v) is 8.60. The van der Waals surface area contributed by atoms with Gasteiger partial charge in [0, 0.05) is 5.56 Å². The van der Waals surface area contributed by atoms with E-state index < -0.39 is 5.82 Å². The van der Waals surface area contributed by atoms with Gasteiger partial charge in [-0.15, -0.1) is 0 Å². The average molecular weight is 381 g/mol. The highest BCUT2D eigenvalue weighted by atomic mass is 35.5. The van der Waals surface area contributed by atoms with Crippen LogP contribution in [0.3, 0.4) is 0 Å². The molecule has 3 N–H and O–H groups in total. The molecule has 0 saturated heterocycles.